The molecule has 0 saturated heterocycles. The molecule has 0 saturated carbocycles. The van der Waals surface area contributed by atoms with Crippen molar-refractivity contribution in [2.75, 3.05) is 12.4 Å². The number of methoxy groups -OCH3 is 1. The number of aromatic hydroxyl groups is 1. The van der Waals surface area contributed by atoms with Crippen LogP contribution in [0.25, 0.3) is 0 Å². The Hall–Kier alpha value is -1.96. The molecule has 0 amide bonds. The lowest BCUT2D eigenvalue weighted by Gasteiger charge is -2.19. The van der Waals surface area contributed by atoms with Crippen molar-refractivity contribution in [2.45, 2.75) is 32.2 Å². The Bertz CT molecular complexity index is 762. The highest BCUT2D eigenvalue weighted by atomic mass is 127. The van der Waals surface area contributed by atoms with Crippen molar-refractivity contribution in [1.29, 1.82) is 0 Å². The van der Waals surface area contributed by atoms with E-state index >= 15 is 0 Å². The first-order valence-corrected chi connectivity index (χ1v) is 8.21. The predicted molar refractivity (Wildman–Crippen MR) is 112 cm³/mol. The van der Waals surface area contributed by atoms with Crippen LogP contribution in [0.15, 0.2) is 41.4 Å². The second kappa shape index (κ2) is 8.94. The molecule has 0 unspecified atom stereocenters. The van der Waals surface area contributed by atoms with Gasteiger partial charge in [-0.15, -0.1) is 24.0 Å². The fourth-order valence-corrected chi connectivity index (χ4v) is 3.06. The molecule has 6 heteroatoms. The van der Waals surface area contributed by atoms with Gasteiger partial charge in [-0.1, -0.05) is 12.1 Å². The molecule has 0 fully saturated rings. The number of hydrogen-bond acceptors (Lipinski definition) is 3. The molecule has 2 aromatic rings. The predicted octanol–water partition coefficient (Wildman–Crippen LogP) is 3.82. The number of guanidine groups is 1. The van der Waals surface area contributed by atoms with Gasteiger partial charge in [0.1, 0.15) is 11.5 Å². The van der Waals surface area contributed by atoms with Crippen LogP contribution in [-0.4, -0.2) is 18.2 Å². The Morgan fingerprint density at radius 1 is 1.24 bits per heavy atom. The molecule has 0 bridgehead atoms. The molecule has 2 aromatic carbocycles. The van der Waals surface area contributed by atoms with E-state index in [0.717, 1.165) is 18.5 Å². The largest absolute Gasteiger partial charge is 0.508 e. The average molecular weight is 453 g/mol. The summed E-state index contributed by atoms with van der Waals surface area (Å²) in [7, 11) is 1.59. The summed E-state index contributed by atoms with van der Waals surface area (Å²) >= 11 is 0. The lowest BCUT2D eigenvalue weighted by atomic mass is 9.90. The number of ether oxygens (including phenoxy) is 1. The van der Waals surface area contributed by atoms with E-state index in [9.17, 15) is 5.11 Å². The maximum atomic E-state index is 9.91. The molecular formula is C19H24IN3O2. The highest BCUT2D eigenvalue weighted by Crippen LogP contribution is 2.28. The van der Waals surface area contributed by atoms with Gasteiger partial charge in [0.2, 0.25) is 0 Å². The van der Waals surface area contributed by atoms with Gasteiger partial charge in [-0.3, -0.25) is 0 Å². The molecule has 3 rings (SSSR count). The summed E-state index contributed by atoms with van der Waals surface area (Å²) in [5, 5.41) is 13.1. The lowest BCUT2D eigenvalue weighted by Crippen LogP contribution is -2.24. The van der Waals surface area contributed by atoms with Gasteiger partial charge in [-0.2, -0.15) is 0 Å². The Balaban J connectivity index is 0.00000225. The maximum Gasteiger partial charge on any atom is 0.193 e. The number of phenolic OH excluding ortho intramolecular Hbond substituents is 1. The van der Waals surface area contributed by atoms with Gasteiger partial charge in [-0.25, -0.2) is 4.99 Å². The standard InChI is InChI=1S/C19H23N3O2.HI/c1-24-15-9-10-18(23)14(11-15)12-21-19(20)22-17-8-4-6-13-5-2-3-7-16(13)17;/h4,6,8-11,23H,2-3,5,7,12H2,1H3,(H3,20,21,22);1H. The van der Waals surface area contributed by atoms with Gasteiger partial charge in [-0.05, 0) is 61.1 Å². The smallest absolute Gasteiger partial charge is 0.193 e. The zero-order valence-corrected chi connectivity index (χ0v) is 16.6. The molecule has 0 atom stereocenters. The summed E-state index contributed by atoms with van der Waals surface area (Å²) in [5.41, 5.74) is 10.5. The molecule has 4 N–H and O–H groups in total. The average Bonchev–Trinajstić information content (AvgIpc) is 2.61. The molecule has 0 aromatic heterocycles. The SMILES string of the molecule is COc1ccc(O)c(CN=C(N)Nc2cccc3c2CCCC3)c1.I. The fourth-order valence-electron chi connectivity index (χ4n) is 3.06. The van der Waals surface area contributed by atoms with Crippen molar-refractivity contribution < 1.29 is 9.84 Å². The molecule has 25 heavy (non-hydrogen) atoms. The van der Waals surface area contributed by atoms with Crippen molar-refractivity contribution in [3.8, 4) is 11.5 Å². The van der Waals surface area contributed by atoms with Crippen LogP contribution in [0.1, 0.15) is 29.5 Å². The van der Waals surface area contributed by atoms with Crippen LogP contribution < -0.4 is 15.8 Å². The number of nitrogens with zero attached hydrogens (tertiary/aromatic N) is 1. The molecule has 0 heterocycles. The lowest BCUT2D eigenvalue weighted by molar-refractivity contribution is 0.411. The van der Waals surface area contributed by atoms with Gasteiger partial charge in [0, 0.05) is 11.3 Å². The molecule has 0 aliphatic heterocycles. The first-order chi connectivity index (χ1) is 11.7. The van der Waals surface area contributed by atoms with E-state index in [2.05, 4.69) is 16.4 Å². The summed E-state index contributed by atoms with van der Waals surface area (Å²) in [4.78, 5) is 4.34. The zero-order chi connectivity index (χ0) is 16.9. The molecule has 134 valence electrons. The summed E-state index contributed by atoms with van der Waals surface area (Å²) in [6.45, 7) is 0.289. The molecular weight excluding hydrogens is 429 g/mol. The highest BCUT2D eigenvalue weighted by molar-refractivity contribution is 14.0. The summed E-state index contributed by atoms with van der Waals surface area (Å²) in [5.74, 6) is 1.21. The third kappa shape index (κ3) is 4.78. The zero-order valence-electron chi connectivity index (χ0n) is 14.3. The van der Waals surface area contributed by atoms with Gasteiger partial charge in [0.05, 0.1) is 13.7 Å². The van der Waals surface area contributed by atoms with Gasteiger partial charge < -0.3 is 20.9 Å². The molecule has 1 aliphatic rings. The van der Waals surface area contributed by atoms with E-state index in [1.807, 2.05) is 12.1 Å². The Morgan fingerprint density at radius 3 is 2.84 bits per heavy atom. The van der Waals surface area contributed by atoms with E-state index in [-0.39, 0.29) is 36.3 Å². The first kappa shape index (κ1) is 19.4. The van der Waals surface area contributed by atoms with Crippen LogP contribution in [-0.2, 0) is 19.4 Å². The van der Waals surface area contributed by atoms with Gasteiger partial charge in [0.15, 0.2) is 5.96 Å². The Labute approximate surface area is 165 Å². The van der Waals surface area contributed by atoms with Crippen molar-refractivity contribution in [3.63, 3.8) is 0 Å². The van der Waals surface area contributed by atoms with Gasteiger partial charge in [0.25, 0.3) is 0 Å². The Morgan fingerprint density at radius 2 is 2.04 bits per heavy atom. The van der Waals surface area contributed by atoms with E-state index in [1.165, 1.54) is 24.0 Å². The number of rotatable bonds is 4. The van der Waals surface area contributed by atoms with Crippen molar-refractivity contribution in [1.82, 2.24) is 0 Å². The third-order valence-electron chi connectivity index (χ3n) is 4.37. The van der Waals surface area contributed by atoms with Crippen molar-refractivity contribution in [3.05, 3.63) is 53.1 Å². The number of anilines is 1. The number of fused-ring (bicyclic) bond motifs is 1. The molecule has 5 nitrogen and oxygen atoms in total. The monoisotopic (exact) mass is 453 g/mol. The van der Waals surface area contributed by atoms with Crippen LogP contribution >= 0.6 is 24.0 Å². The number of hydrogen-bond donors (Lipinski definition) is 3. The first-order valence-electron chi connectivity index (χ1n) is 8.21. The van der Waals surface area contributed by atoms with Crippen LogP contribution in [0.5, 0.6) is 11.5 Å². The van der Waals surface area contributed by atoms with Crippen molar-refractivity contribution >= 4 is 35.6 Å². The van der Waals surface area contributed by atoms with E-state index < -0.39 is 0 Å². The summed E-state index contributed by atoms with van der Waals surface area (Å²) in [6.07, 6.45) is 4.65. The second-order valence-corrected chi connectivity index (χ2v) is 5.97. The Kier molecular flexibility index (Phi) is 6.92. The molecule has 1 aliphatic carbocycles. The van der Waals surface area contributed by atoms with Crippen molar-refractivity contribution in [2.24, 2.45) is 10.7 Å². The maximum absolute atomic E-state index is 9.91. The quantitative estimate of drug-likeness (QED) is 0.374. The number of benzene rings is 2. The van der Waals surface area contributed by atoms with Gasteiger partial charge >= 0.3 is 0 Å². The van der Waals surface area contributed by atoms with Crippen LogP contribution in [0.4, 0.5) is 5.69 Å². The fraction of sp³-hybridized carbons (Fsp3) is 0.316. The number of nitrogens with one attached hydrogen (secondary N) is 1. The topological polar surface area (TPSA) is 79.9 Å². The summed E-state index contributed by atoms with van der Waals surface area (Å²) < 4.78 is 5.17. The van der Waals surface area contributed by atoms with Crippen LogP contribution in [0.3, 0.4) is 0 Å². The summed E-state index contributed by atoms with van der Waals surface area (Å²) in [6, 6.07) is 11.3. The number of aryl methyl sites for hydroxylation is 1. The van der Waals surface area contributed by atoms with E-state index in [0.29, 0.717) is 17.3 Å². The van der Waals surface area contributed by atoms with E-state index in [1.54, 1.807) is 25.3 Å². The number of halogens is 1. The number of nitrogens with two attached hydrogens (primary N) is 1. The number of phenols is 1. The minimum Gasteiger partial charge on any atom is -0.508 e. The minimum atomic E-state index is 0. The molecule has 0 spiro atoms. The third-order valence-corrected chi connectivity index (χ3v) is 4.37. The second-order valence-electron chi connectivity index (χ2n) is 5.97. The highest BCUT2D eigenvalue weighted by Gasteiger charge is 2.13. The minimum absolute atomic E-state index is 0. The van der Waals surface area contributed by atoms with E-state index in [4.69, 9.17) is 10.5 Å². The van der Waals surface area contributed by atoms with Crippen LogP contribution in [0.2, 0.25) is 0 Å². The normalized spacial score (nSPS) is 13.6. The molecule has 0 radical (unpaired) electrons. The van der Waals surface area contributed by atoms with Crippen LogP contribution in [0, 0.1) is 0 Å². The number of aliphatic imine (C=N–C) groups is 1.